The zero-order chi connectivity index (χ0) is 38.6. The molecule has 56 heavy (non-hydrogen) atoms. The quantitative estimate of drug-likeness (QED) is 0.108. The van der Waals surface area contributed by atoms with Crippen LogP contribution in [0.4, 0.5) is 4.79 Å². The Kier molecular flexibility index (Phi) is 17.1. The van der Waals surface area contributed by atoms with E-state index in [1.807, 2.05) is 36.4 Å². The maximum absolute atomic E-state index is 14.8. The summed E-state index contributed by atoms with van der Waals surface area (Å²) < 4.78 is 0. The molecule has 4 aliphatic rings. The molecular weight excluding hydrogens is 731 g/mol. The lowest BCUT2D eigenvalue weighted by Gasteiger charge is -2.33. The minimum absolute atomic E-state index is 0. The number of unbranched alkanes of at least 4 members (excludes halogenated alkanes) is 1. The van der Waals surface area contributed by atoms with Crippen LogP contribution in [0.5, 0.6) is 0 Å². The van der Waals surface area contributed by atoms with Gasteiger partial charge in [-0.1, -0.05) is 94.5 Å². The summed E-state index contributed by atoms with van der Waals surface area (Å²) in [6.07, 6.45) is 16.6. The van der Waals surface area contributed by atoms with Gasteiger partial charge in [-0.15, -0.1) is 12.4 Å². The number of hydrogen-bond donors (Lipinski definition) is 6. The number of nitrogens with zero attached hydrogens (tertiary/aromatic N) is 2. The molecule has 2 heterocycles. The number of likely N-dealkylation sites (tertiary alicyclic amines) is 2. The molecule has 0 unspecified atom stereocenters. The lowest BCUT2D eigenvalue weighted by Crippen LogP contribution is -2.56. The summed E-state index contributed by atoms with van der Waals surface area (Å²) in [4.78, 5) is 59.1. The normalized spacial score (nSPS) is 22.1. The van der Waals surface area contributed by atoms with Crippen LogP contribution in [0.15, 0.2) is 42.5 Å². The van der Waals surface area contributed by atoms with Crippen LogP contribution >= 0.6 is 12.4 Å². The van der Waals surface area contributed by atoms with Crippen LogP contribution in [0.3, 0.4) is 0 Å². The number of carbonyl (C=O) groups excluding carboxylic acids is 4. The summed E-state index contributed by atoms with van der Waals surface area (Å²) in [5, 5.41) is 34.6. The van der Waals surface area contributed by atoms with Gasteiger partial charge in [0.15, 0.2) is 0 Å². The Morgan fingerprint density at radius 2 is 1.48 bits per heavy atom. The fourth-order valence-corrected chi connectivity index (χ4v) is 9.35. The number of halogens is 1. The van der Waals surface area contributed by atoms with Crippen molar-refractivity contribution in [1.29, 1.82) is 0 Å². The van der Waals surface area contributed by atoms with E-state index in [4.69, 9.17) is 0 Å². The first-order valence-corrected chi connectivity index (χ1v) is 21.3. The van der Waals surface area contributed by atoms with Gasteiger partial charge in [-0.3, -0.25) is 19.3 Å². The molecule has 2 saturated carbocycles. The molecule has 2 aliphatic carbocycles. The Balaban J connectivity index is 0.00000600. The van der Waals surface area contributed by atoms with Crippen LogP contribution < -0.4 is 21.3 Å². The number of fused-ring (bicyclic) bond motifs is 1. The fourth-order valence-electron chi connectivity index (χ4n) is 9.35. The van der Waals surface area contributed by atoms with E-state index in [1.54, 1.807) is 11.0 Å². The highest BCUT2D eigenvalue weighted by Gasteiger charge is 2.45. The molecule has 6 N–H and O–H groups in total. The highest BCUT2D eigenvalue weighted by Crippen LogP contribution is 2.31. The smallest absolute Gasteiger partial charge is 0.426 e. The van der Waals surface area contributed by atoms with Crippen molar-refractivity contribution in [1.82, 2.24) is 31.1 Å². The molecule has 2 aromatic rings. The van der Waals surface area contributed by atoms with E-state index in [0.29, 0.717) is 56.7 Å². The monoisotopic (exact) mass is 794 g/mol. The Morgan fingerprint density at radius 3 is 2.20 bits per heavy atom. The molecule has 2 aromatic carbocycles. The van der Waals surface area contributed by atoms with Crippen molar-refractivity contribution in [2.75, 3.05) is 26.2 Å². The van der Waals surface area contributed by atoms with Gasteiger partial charge in [-0.2, -0.15) is 0 Å². The minimum atomic E-state index is -1.78. The predicted octanol–water partition coefficient (Wildman–Crippen LogP) is 5.08. The first-order valence-electron chi connectivity index (χ1n) is 21.3. The molecule has 2 aliphatic heterocycles. The number of amides is 5. The van der Waals surface area contributed by atoms with Crippen LogP contribution in [-0.2, 0) is 9.59 Å². The molecule has 4 atom stereocenters. The third-order valence-electron chi connectivity index (χ3n) is 12.5. The third kappa shape index (κ3) is 12.3. The second kappa shape index (κ2) is 22.0. The van der Waals surface area contributed by atoms with E-state index >= 15 is 0 Å². The zero-order valence-electron chi connectivity index (χ0n) is 33.0. The predicted molar refractivity (Wildman–Crippen MR) is 222 cm³/mol. The van der Waals surface area contributed by atoms with E-state index in [1.165, 1.54) is 12.8 Å². The van der Waals surface area contributed by atoms with E-state index in [0.717, 1.165) is 94.5 Å². The largest absolute Gasteiger partial charge is 0.475 e. The Labute approximate surface area is 339 Å². The molecular formula is C42H64BClN6O6. The summed E-state index contributed by atoms with van der Waals surface area (Å²) in [6, 6.07) is 11.9. The molecule has 0 aromatic heterocycles. The fraction of sp³-hybridized carbons (Fsp3) is 0.667. The Morgan fingerprint density at radius 1 is 0.804 bits per heavy atom. The summed E-state index contributed by atoms with van der Waals surface area (Å²) >= 11 is 0. The van der Waals surface area contributed by atoms with Crippen LogP contribution in [0.1, 0.15) is 126 Å². The summed E-state index contributed by atoms with van der Waals surface area (Å²) in [7, 11) is -1.78. The molecule has 5 amide bonds. The van der Waals surface area contributed by atoms with Crippen molar-refractivity contribution in [3.05, 3.63) is 48.0 Å². The van der Waals surface area contributed by atoms with Crippen molar-refractivity contribution < 1.29 is 29.2 Å². The van der Waals surface area contributed by atoms with Crippen molar-refractivity contribution in [2.24, 2.45) is 5.92 Å². The highest BCUT2D eigenvalue weighted by molar-refractivity contribution is 6.43. The molecule has 6 rings (SSSR count). The van der Waals surface area contributed by atoms with E-state index in [-0.39, 0.29) is 42.3 Å². The number of rotatable bonds is 15. The maximum atomic E-state index is 14.8. The van der Waals surface area contributed by atoms with Crippen molar-refractivity contribution in [3.63, 3.8) is 0 Å². The Bertz CT molecular complexity index is 1580. The summed E-state index contributed by atoms with van der Waals surface area (Å²) in [5.41, 5.74) is 0.488. The van der Waals surface area contributed by atoms with Crippen LogP contribution in [0.25, 0.3) is 10.8 Å². The molecule has 0 spiro atoms. The second-order valence-corrected chi connectivity index (χ2v) is 16.6. The van der Waals surface area contributed by atoms with Crippen molar-refractivity contribution in [2.45, 2.75) is 146 Å². The first kappa shape index (κ1) is 43.7. The number of carbonyl (C=O) groups is 4. The maximum Gasteiger partial charge on any atom is 0.475 e. The average Bonchev–Trinajstić information content (AvgIpc) is 3.66. The molecule has 4 fully saturated rings. The van der Waals surface area contributed by atoms with Gasteiger partial charge in [0, 0.05) is 30.7 Å². The first-order chi connectivity index (χ1) is 26.7. The summed E-state index contributed by atoms with van der Waals surface area (Å²) in [5.74, 6) is -1.60. The van der Waals surface area contributed by atoms with Crippen LogP contribution in [0.2, 0.25) is 0 Å². The van der Waals surface area contributed by atoms with Crippen molar-refractivity contribution >= 4 is 54.1 Å². The minimum Gasteiger partial charge on any atom is -0.426 e. The number of benzene rings is 2. The van der Waals surface area contributed by atoms with E-state index < -0.39 is 31.1 Å². The molecule has 2 saturated heterocycles. The molecule has 12 nitrogen and oxygen atoms in total. The van der Waals surface area contributed by atoms with E-state index in [2.05, 4.69) is 26.2 Å². The SMILES string of the molecule is Cl.O=C(NCCCC[C@H](NC(=O)[C@@H]1C[C@@H](N2CCCCC2)CN1C(=O)[C@@H](CC1CCCCC1)NC(=O)c1ccc2ccccc2c1)B(O)O)NC1CCCCC1. The van der Waals surface area contributed by atoms with Gasteiger partial charge < -0.3 is 36.2 Å². The number of piperidine rings is 1. The van der Waals surface area contributed by atoms with E-state index in [9.17, 15) is 29.2 Å². The molecule has 0 bridgehead atoms. The Hall–Kier alpha value is -3.39. The number of nitrogens with one attached hydrogen (secondary N) is 4. The van der Waals surface area contributed by atoms with Gasteiger partial charge in [0.05, 0.1) is 5.94 Å². The lowest BCUT2D eigenvalue weighted by atomic mass is 9.76. The second-order valence-electron chi connectivity index (χ2n) is 16.6. The van der Waals surface area contributed by atoms with Gasteiger partial charge >= 0.3 is 13.1 Å². The standard InChI is InChI=1S/C42H63BN6O6.ClH/c50-39(33-22-21-31-16-8-9-17-32(31)27-33)46-36(26-30-14-4-1-5-15-30)41(52)49-29-35(48-24-12-3-13-25-48)28-37(49)40(51)47-38(43(54)55)20-10-11-23-44-42(53)45-34-18-6-2-7-19-34;/h8-9,16-17,21-22,27,30,34-38,54-55H,1-7,10-15,18-20,23-26,28-29H2,(H,46,50)(H,47,51)(H2,44,45,53);1H/t35-,36-,37+,38+;/m1./s1. The topological polar surface area (TPSA) is 163 Å². The molecule has 308 valence electrons. The third-order valence-corrected chi connectivity index (χ3v) is 12.5. The van der Waals surface area contributed by atoms with Gasteiger partial charge in [-0.25, -0.2) is 4.79 Å². The average molecular weight is 795 g/mol. The van der Waals surface area contributed by atoms with Gasteiger partial charge in [0.1, 0.15) is 12.1 Å². The number of hydrogen-bond acceptors (Lipinski definition) is 7. The van der Waals surface area contributed by atoms with Crippen molar-refractivity contribution in [3.8, 4) is 0 Å². The molecule has 14 heteroatoms. The zero-order valence-corrected chi connectivity index (χ0v) is 33.8. The number of urea groups is 1. The van der Waals surface area contributed by atoms with Gasteiger partial charge in [0.25, 0.3) is 5.91 Å². The van der Waals surface area contributed by atoms with Crippen LogP contribution in [0, 0.1) is 5.92 Å². The summed E-state index contributed by atoms with van der Waals surface area (Å²) in [6.45, 7) is 2.65. The lowest BCUT2D eigenvalue weighted by molar-refractivity contribution is -0.140. The molecule has 0 radical (unpaired) electrons. The van der Waals surface area contributed by atoms with Gasteiger partial charge in [-0.05, 0) is 93.3 Å². The van der Waals surface area contributed by atoms with Gasteiger partial charge in [0.2, 0.25) is 11.8 Å². The highest BCUT2D eigenvalue weighted by atomic mass is 35.5. The van der Waals surface area contributed by atoms with Crippen LogP contribution in [-0.4, -0.2) is 107 Å².